The molecule has 1 amide bonds. The number of nitrogens with zero attached hydrogens (tertiary/aromatic N) is 1. The maximum atomic E-state index is 13.1. The van der Waals surface area contributed by atoms with E-state index in [0.717, 1.165) is 30.5 Å². The molecule has 2 aromatic carbocycles. The minimum absolute atomic E-state index is 0.0820. The predicted molar refractivity (Wildman–Crippen MR) is 122 cm³/mol. The van der Waals surface area contributed by atoms with Gasteiger partial charge in [0.05, 0.1) is 0 Å². The molecule has 32 heavy (non-hydrogen) atoms. The fourth-order valence-electron chi connectivity index (χ4n) is 4.15. The summed E-state index contributed by atoms with van der Waals surface area (Å²) >= 11 is 0. The molecule has 0 spiro atoms. The zero-order valence-corrected chi connectivity index (χ0v) is 19.6. The summed E-state index contributed by atoms with van der Waals surface area (Å²) in [6.07, 6.45) is 7.29. The molecule has 1 fully saturated rings. The van der Waals surface area contributed by atoms with Gasteiger partial charge in [-0.15, -0.1) is 0 Å². The summed E-state index contributed by atoms with van der Waals surface area (Å²) in [5.74, 6) is 0.436. The maximum absolute atomic E-state index is 13.1. The summed E-state index contributed by atoms with van der Waals surface area (Å²) in [6.45, 7) is 4.48. The van der Waals surface area contributed by atoms with Crippen LogP contribution in [0.15, 0.2) is 53.4 Å². The van der Waals surface area contributed by atoms with Crippen LogP contribution in [0.25, 0.3) is 0 Å². The number of hydrogen-bond acceptors (Lipinski definition) is 4. The first-order valence-electron chi connectivity index (χ1n) is 11.4. The number of carbonyl (C=O) groups excluding carboxylic acids is 1. The minimum Gasteiger partial charge on any atom is -0.379 e. The molecule has 3 rings (SSSR count). The van der Waals surface area contributed by atoms with E-state index in [1.54, 1.807) is 18.2 Å². The van der Waals surface area contributed by atoms with Gasteiger partial charge < -0.3 is 9.08 Å². The van der Waals surface area contributed by atoms with E-state index < -0.39 is 15.9 Å². The van der Waals surface area contributed by atoms with Crippen molar-refractivity contribution < 1.29 is 21.8 Å². The van der Waals surface area contributed by atoms with Crippen molar-refractivity contribution in [3.63, 3.8) is 0 Å². The van der Waals surface area contributed by atoms with Gasteiger partial charge in [0.2, 0.25) is 5.91 Å². The highest BCUT2D eigenvalue weighted by Gasteiger charge is 2.23. The molecule has 1 unspecified atom stereocenters. The van der Waals surface area contributed by atoms with Gasteiger partial charge >= 0.3 is 10.1 Å². The first kappa shape index (κ1) is 24.2. The topological polar surface area (TPSA) is 63.7 Å². The first-order chi connectivity index (χ1) is 15.3. The molecular weight excluding hydrogens is 429 g/mol. The lowest BCUT2D eigenvalue weighted by Gasteiger charge is -2.29. The maximum Gasteiger partial charge on any atom is 0.339 e. The quantitative estimate of drug-likeness (QED) is 0.426. The molecule has 5 nitrogen and oxygen atoms in total. The number of halogens is 1. The lowest BCUT2D eigenvalue weighted by atomic mass is 10.0. The Morgan fingerprint density at radius 2 is 1.84 bits per heavy atom. The van der Waals surface area contributed by atoms with Gasteiger partial charge in [-0.1, -0.05) is 44.7 Å². The molecule has 174 valence electrons. The SMILES string of the molecule is CCC(C)N(Cc1cccc(OS(=O)(=O)c2ccc(F)cc2)c1)C(=O)CCC1CCCC1. The van der Waals surface area contributed by atoms with Crippen molar-refractivity contribution >= 4 is 16.0 Å². The Kier molecular flexibility index (Phi) is 8.29. The van der Waals surface area contributed by atoms with Crippen LogP contribution in [0, 0.1) is 11.7 Å². The zero-order chi connectivity index (χ0) is 23.1. The Labute approximate surface area is 190 Å². The van der Waals surface area contributed by atoms with Crippen molar-refractivity contribution in [2.24, 2.45) is 5.92 Å². The van der Waals surface area contributed by atoms with Crippen LogP contribution in [-0.2, 0) is 21.5 Å². The van der Waals surface area contributed by atoms with E-state index in [-0.39, 0.29) is 22.6 Å². The van der Waals surface area contributed by atoms with E-state index in [4.69, 9.17) is 4.18 Å². The van der Waals surface area contributed by atoms with Crippen LogP contribution >= 0.6 is 0 Å². The number of carbonyl (C=O) groups is 1. The van der Waals surface area contributed by atoms with Crippen LogP contribution in [0.1, 0.15) is 64.4 Å². The normalized spacial score (nSPS) is 15.5. The smallest absolute Gasteiger partial charge is 0.339 e. The van der Waals surface area contributed by atoms with Crippen LogP contribution in [0.3, 0.4) is 0 Å². The summed E-state index contributed by atoms with van der Waals surface area (Å²) in [6, 6.07) is 11.3. The van der Waals surface area contributed by atoms with Gasteiger partial charge in [-0.25, -0.2) is 4.39 Å². The van der Waals surface area contributed by atoms with Crippen molar-refractivity contribution in [2.75, 3.05) is 0 Å². The van der Waals surface area contributed by atoms with Crippen molar-refractivity contribution in [3.8, 4) is 5.75 Å². The van der Waals surface area contributed by atoms with Gasteiger partial charge in [0.1, 0.15) is 16.5 Å². The number of hydrogen-bond donors (Lipinski definition) is 0. The molecule has 1 saturated carbocycles. The van der Waals surface area contributed by atoms with E-state index in [9.17, 15) is 17.6 Å². The third-order valence-corrected chi connectivity index (χ3v) is 7.51. The Bertz CT molecular complexity index is 1000. The van der Waals surface area contributed by atoms with Gasteiger partial charge in [-0.05, 0) is 67.6 Å². The van der Waals surface area contributed by atoms with Crippen molar-refractivity contribution in [1.82, 2.24) is 4.90 Å². The van der Waals surface area contributed by atoms with Gasteiger partial charge in [-0.3, -0.25) is 4.79 Å². The lowest BCUT2D eigenvalue weighted by Crippen LogP contribution is -2.37. The largest absolute Gasteiger partial charge is 0.379 e. The number of rotatable bonds is 10. The third kappa shape index (κ3) is 6.55. The van der Waals surface area contributed by atoms with E-state index >= 15 is 0 Å². The van der Waals surface area contributed by atoms with Gasteiger partial charge in [0.15, 0.2) is 0 Å². The summed E-state index contributed by atoms with van der Waals surface area (Å²) in [5, 5.41) is 0. The highest BCUT2D eigenvalue weighted by Crippen LogP contribution is 2.29. The Balaban J connectivity index is 1.69. The van der Waals surface area contributed by atoms with Gasteiger partial charge in [0.25, 0.3) is 0 Å². The van der Waals surface area contributed by atoms with Crippen LogP contribution in [0.2, 0.25) is 0 Å². The second-order valence-corrected chi connectivity index (χ2v) is 10.2. The summed E-state index contributed by atoms with van der Waals surface area (Å²) < 4.78 is 43.4. The second kappa shape index (κ2) is 10.9. The first-order valence-corrected chi connectivity index (χ1v) is 12.8. The molecule has 2 aromatic rings. The molecule has 0 heterocycles. The van der Waals surface area contributed by atoms with Crippen molar-refractivity contribution in [2.45, 2.75) is 76.3 Å². The molecule has 7 heteroatoms. The summed E-state index contributed by atoms with van der Waals surface area (Å²) in [4.78, 5) is 14.8. The molecule has 1 aliphatic rings. The zero-order valence-electron chi connectivity index (χ0n) is 18.8. The van der Waals surface area contributed by atoms with Crippen molar-refractivity contribution in [1.29, 1.82) is 0 Å². The number of amides is 1. The fourth-order valence-corrected chi connectivity index (χ4v) is 5.07. The number of benzene rings is 2. The van der Waals surface area contributed by atoms with E-state index in [0.29, 0.717) is 18.9 Å². The molecule has 0 saturated heterocycles. The standard InChI is InChI=1S/C25H32FNO4S/c1-3-19(2)27(25(28)16-11-20-7-4-5-8-20)18-21-9-6-10-23(17-21)31-32(29,30)24-14-12-22(26)13-15-24/h6,9-10,12-15,17,19-20H,3-5,7-8,11,16,18H2,1-2H3. The molecular formula is C25H32FNO4S. The highest BCUT2D eigenvalue weighted by molar-refractivity contribution is 7.87. The molecule has 0 aliphatic heterocycles. The molecule has 1 aliphatic carbocycles. The fraction of sp³-hybridized carbons (Fsp3) is 0.480. The van der Waals surface area contributed by atoms with Gasteiger partial charge in [0, 0.05) is 19.0 Å². The Hall–Kier alpha value is -2.41. The van der Waals surface area contributed by atoms with Crippen LogP contribution in [-0.4, -0.2) is 25.3 Å². The molecule has 0 radical (unpaired) electrons. The summed E-state index contributed by atoms with van der Waals surface area (Å²) in [7, 11) is -4.08. The van der Waals surface area contributed by atoms with Gasteiger partial charge in [-0.2, -0.15) is 8.42 Å². The monoisotopic (exact) mass is 461 g/mol. The molecule has 0 N–H and O–H groups in total. The van der Waals surface area contributed by atoms with E-state index in [2.05, 4.69) is 6.92 Å². The highest BCUT2D eigenvalue weighted by atomic mass is 32.2. The van der Waals surface area contributed by atoms with Crippen molar-refractivity contribution in [3.05, 3.63) is 59.9 Å². The lowest BCUT2D eigenvalue weighted by molar-refractivity contribution is -0.134. The van der Waals surface area contributed by atoms with Crippen LogP contribution < -0.4 is 4.18 Å². The molecule has 1 atom stereocenters. The minimum atomic E-state index is -4.08. The third-order valence-electron chi connectivity index (χ3n) is 6.24. The predicted octanol–water partition coefficient (Wildman–Crippen LogP) is 5.69. The average Bonchev–Trinajstić information content (AvgIpc) is 3.29. The molecule has 0 bridgehead atoms. The summed E-state index contributed by atoms with van der Waals surface area (Å²) in [5.41, 5.74) is 0.798. The second-order valence-electron chi connectivity index (χ2n) is 8.61. The Morgan fingerprint density at radius 1 is 1.16 bits per heavy atom. The van der Waals surface area contributed by atoms with Crippen LogP contribution in [0.5, 0.6) is 5.75 Å². The van der Waals surface area contributed by atoms with E-state index in [1.165, 1.54) is 37.8 Å². The van der Waals surface area contributed by atoms with E-state index in [1.807, 2.05) is 17.9 Å². The molecule has 0 aromatic heterocycles. The Morgan fingerprint density at radius 3 is 2.50 bits per heavy atom. The average molecular weight is 462 g/mol. The van der Waals surface area contributed by atoms with Crippen LogP contribution in [0.4, 0.5) is 4.39 Å².